The molecule has 1 fully saturated rings. The minimum Gasteiger partial charge on any atom is -0.339 e. The van der Waals surface area contributed by atoms with Crippen LogP contribution in [0.2, 0.25) is 0 Å². The van der Waals surface area contributed by atoms with E-state index in [-0.39, 0.29) is 0 Å². The Morgan fingerprint density at radius 2 is 2.36 bits per heavy atom. The van der Waals surface area contributed by atoms with Crippen LogP contribution in [0.3, 0.4) is 0 Å². The van der Waals surface area contributed by atoms with Crippen molar-refractivity contribution in [3.8, 4) is 0 Å². The van der Waals surface area contributed by atoms with Crippen LogP contribution >= 0.6 is 11.8 Å². The van der Waals surface area contributed by atoms with Gasteiger partial charge in [0.25, 0.3) is 0 Å². The van der Waals surface area contributed by atoms with E-state index in [1.54, 1.807) is 0 Å². The second-order valence-electron chi connectivity index (χ2n) is 3.52. The molecule has 0 aromatic carbocycles. The minimum absolute atomic E-state index is 0.560. The van der Waals surface area contributed by atoms with E-state index in [1.807, 2.05) is 11.8 Å². The highest BCUT2D eigenvalue weighted by Crippen LogP contribution is 2.38. The molecule has 1 heterocycles. The van der Waals surface area contributed by atoms with Gasteiger partial charge >= 0.3 is 0 Å². The van der Waals surface area contributed by atoms with Gasteiger partial charge in [0, 0.05) is 5.92 Å². The first-order valence-corrected chi connectivity index (χ1v) is 6.16. The van der Waals surface area contributed by atoms with Crippen molar-refractivity contribution < 1.29 is 4.52 Å². The number of thioether (sulfide) groups is 1. The zero-order chi connectivity index (χ0) is 9.80. The Balaban J connectivity index is 1.72. The first-order chi connectivity index (χ1) is 6.90. The number of nitrogens with two attached hydrogens (primary N) is 1. The van der Waals surface area contributed by atoms with Gasteiger partial charge in [-0.05, 0) is 31.6 Å². The van der Waals surface area contributed by atoms with Gasteiger partial charge in [0.1, 0.15) is 0 Å². The van der Waals surface area contributed by atoms with Crippen LogP contribution in [0.15, 0.2) is 4.52 Å². The Hall–Kier alpha value is -0.550. The van der Waals surface area contributed by atoms with E-state index >= 15 is 0 Å². The zero-order valence-corrected chi connectivity index (χ0v) is 8.92. The number of hydrogen-bond donors (Lipinski definition) is 1. The fourth-order valence-electron chi connectivity index (χ4n) is 1.17. The maximum atomic E-state index is 5.40. The van der Waals surface area contributed by atoms with E-state index in [0.29, 0.717) is 5.92 Å². The van der Waals surface area contributed by atoms with Gasteiger partial charge in [0.15, 0.2) is 5.82 Å². The van der Waals surface area contributed by atoms with Gasteiger partial charge in [-0.25, -0.2) is 0 Å². The third-order valence-corrected chi connectivity index (χ3v) is 3.17. The van der Waals surface area contributed by atoms with Crippen molar-refractivity contribution in [2.75, 3.05) is 12.3 Å². The zero-order valence-electron chi connectivity index (χ0n) is 8.11. The average molecular weight is 213 g/mol. The van der Waals surface area contributed by atoms with E-state index < -0.39 is 0 Å². The summed E-state index contributed by atoms with van der Waals surface area (Å²) in [6.45, 7) is 0.757. The number of hydrogen-bond acceptors (Lipinski definition) is 5. The lowest BCUT2D eigenvalue weighted by molar-refractivity contribution is 0.375. The lowest BCUT2D eigenvalue weighted by Gasteiger charge is -1.94. The molecule has 1 aromatic rings. The fourth-order valence-corrected chi connectivity index (χ4v) is 1.99. The molecule has 0 atom stereocenters. The van der Waals surface area contributed by atoms with Gasteiger partial charge in [0.05, 0.1) is 5.75 Å². The quantitative estimate of drug-likeness (QED) is 0.726. The highest BCUT2D eigenvalue weighted by Gasteiger charge is 2.29. The van der Waals surface area contributed by atoms with E-state index in [1.165, 1.54) is 12.8 Å². The lowest BCUT2D eigenvalue weighted by atomic mass is 10.4. The first kappa shape index (κ1) is 9.98. The van der Waals surface area contributed by atoms with Gasteiger partial charge in [0.2, 0.25) is 5.89 Å². The van der Waals surface area contributed by atoms with Crippen LogP contribution in [0.1, 0.15) is 36.9 Å². The Labute approximate surface area is 87.6 Å². The van der Waals surface area contributed by atoms with Crippen LogP contribution in [0.25, 0.3) is 0 Å². The standard InChI is InChI=1S/C9H15N3OS/c10-4-1-5-14-6-8-11-9(13-12-8)7-2-3-7/h7H,1-6,10H2. The van der Waals surface area contributed by atoms with Gasteiger partial charge in [-0.15, -0.1) is 0 Å². The summed E-state index contributed by atoms with van der Waals surface area (Å²) in [5, 5.41) is 3.94. The molecule has 0 unspecified atom stereocenters. The molecule has 1 saturated carbocycles. The molecule has 0 radical (unpaired) electrons. The Morgan fingerprint density at radius 3 is 3.07 bits per heavy atom. The van der Waals surface area contributed by atoms with Crippen LogP contribution in [0.5, 0.6) is 0 Å². The van der Waals surface area contributed by atoms with Crippen LogP contribution in [0.4, 0.5) is 0 Å². The van der Waals surface area contributed by atoms with Crippen LogP contribution < -0.4 is 5.73 Å². The summed E-state index contributed by atoms with van der Waals surface area (Å²) in [6, 6.07) is 0. The molecule has 78 valence electrons. The van der Waals surface area contributed by atoms with Gasteiger partial charge in [-0.3, -0.25) is 0 Å². The van der Waals surface area contributed by atoms with Crippen molar-refractivity contribution in [1.82, 2.24) is 10.1 Å². The molecule has 1 aromatic heterocycles. The third-order valence-electron chi connectivity index (χ3n) is 2.13. The average Bonchev–Trinajstić information content (AvgIpc) is 2.94. The van der Waals surface area contributed by atoms with Crippen molar-refractivity contribution in [3.63, 3.8) is 0 Å². The highest BCUT2D eigenvalue weighted by molar-refractivity contribution is 7.98. The molecule has 2 N–H and O–H groups in total. The first-order valence-electron chi connectivity index (χ1n) is 5.00. The monoisotopic (exact) mass is 213 g/mol. The molecule has 0 spiro atoms. The molecule has 2 rings (SSSR count). The normalized spacial score (nSPS) is 16.1. The molecular weight excluding hydrogens is 198 g/mol. The summed E-state index contributed by atoms with van der Waals surface area (Å²) in [7, 11) is 0. The molecule has 5 heteroatoms. The number of aromatic nitrogens is 2. The van der Waals surface area contributed by atoms with E-state index in [4.69, 9.17) is 10.3 Å². The van der Waals surface area contributed by atoms with Crippen molar-refractivity contribution in [1.29, 1.82) is 0 Å². The van der Waals surface area contributed by atoms with Crippen molar-refractivity contribution >= 4 is 11.8 Å². The Kier molecular flexibility index (Phi) is 3.42. The Morgan fingerprint density at radius 1 is 1.50 bits per heavy atom. The molecule has 0 amide bonds. The second kappa shape index (κ2) is 4.79. The summed E-state index contributed by atoms with van der Waals surface area (Å²) < 4.78 is 5.15. The molecule has 1 aliphatic rings. The van der Waals surface area contributed by atoms with E-state index in [2.05, 4.69) is 10.1 Å². The third kappa shape index (κ3) is 2.72. The maximum Gasteiger partial charge on any atom is 0.229 e. The summed E-state index contributed by atoms with van der Waals surface area (Å²) >= 11 is 1.81. The molecule has 4 nitrogen and oxygen atoms in total. The fraction of sp³-hybridized carbons (Fsp3) is 0.778. The predicted octanol–water partition coefficient (Wildman–Crippen LogP) is 1.53. The van der Waals surface area contributed by atoms with Gasteiger partial charge < -0.3 is 10.3 Å². The van der Waals surface area contributed by atoms with Crippen LogP contribution in [0, 0.1) is 0 Å². The SMILES string of the molecule is NCCCSCc1noc(C2CC2)n1. The van der Waals surface area contributed by atoms with Gasteiger partial charge in [-0.1, -0.05) is 5.16 Å². The largest absolute Gasteiger partial charge is 0.339 e. The molecule has 0 bridgehead atoms. The van der Waals surface area contributed by atoms with Crippen molar-refractivity contribution in [2.24, 2.45) is 5.73 Å². The minimum atomic E-state index is 0.560. The maximum absolute atomic E-state index is 5.40. The van der Waals surface area contributed by atoms with E-state index in [9.17, 15) is 0 Å². The van der Waals surface area contributed by atoms with Gasteiger partial charge in [-0.2, -0.15) is 16.7 Å². The molecular formula is C9H15N3OS. The summed E-state index contributed by atoms with van der Waals surface area (Å²) in [6.07, 6.45) is 3.47. The topological polar surface area (TPSA) is 64.9 Å². The molecule has 0 aliphatic heterocycles. The second-order valence-corrected chi connectivity index (χ2v) is 4.62. The number of nitrogens with zero attached hydrogens (tertiary/aromatic N) is 2. The highest BCUT2D eigenvalue weighted by atomic mass is 32.2. The molecule has 0 saturated heterocycles. The summed E-state index contributed by atoms with van der Waals surface area (Å²) in [4.78, 5) is 4.34. The lowest BCUT2D eigenvalue weighted by Crippen LogP contribution is -1.99. The summed E-state index contributed by atoms with van der Waals surface area (Å²) in [5.74, 6) is 4.14. The van der Waals surface area contributed by atoms with Crippen molar-refractivity contribution in [3.05, 3.63) is 11.7 Å². The van der Waals surface area contributed by atoms with Crippen molar-refractivity contribution in [2.45, 2.75) is 30.9 Å². The van der Waals surface area contributed by atoms with E-state index in [0.717, 1.165) is 36.2 Å². The molecule has 1 aliphatic carbocycles. The number of rotatable bonds is 6. The molecule has 14 heavy (non-hydrogen) atoms. The van der Waals surface area contributed by atoms with Crippen LogP contribution in [-0.2, 0) is 5.75 Å². The Bertz CT molecular complexity index is 285. The summed E-state index contributed by atoms with van der Waals surface area (Å²) in [5.41, 5.74) is 5.40. The smallest absolute Gasteiger partial charge is 0.229 e. The van der Waals surface area contributed by atoms with Crippen LogP contribution in [-0.4, -0.2) is 22.4 Å². The predicted molar refractivity (Wildman–Crippen MR) is 56.1 cm³/mol.